The number of aryl methyl sites for hydroxylation is 4. The van der Waals surface area contributed by atoms with Crippen LogP contribution in [0, 0.1) is 36.5 Å². The van der Waals surface area contributed by atoms with Gasteiger partial charge >= 0.3 is 0 Å². The maximum Gasteiger partial charge on any atom is 0.253 e. The van der Waals surface area contributed by atoms with Gasteiger partial charge in [-0.3, -0.25) is 9.59 Å². The number of nitrogens with zero attached hydrogens (tertiary/aromatic N) is 8. The molecule has 4 heterocycles. The Labute approximate surface area is 266 Å². The van der Waals surface area contributed by atoms with Crippen molar-refractivity contribution in [3.8, 4) is 34.9 Å². The van der Waals surface area contributed by atoms with Crippen molar-refractivity contribution in [1.82, 2.24) is 28.2 Å². The Balaban J connectivity index is 0.000000181. The maximum atomic E-state index is 11.9. The SMILES string of the molecule is Cc1cc(-c2nc(C#N)cn2Cc2ccccc2)cn(C)c1=O.Cc1cc(-c2ncc(C#N)n2Cc2ccccc2)cn(C)c1=O. The van der Waals surface area contributed by atoms with Gasteiger partial charge in [-0.2, -0.15) is 10.5 Å². The van der Waals surface area contributed by atoms with E-state index in [2.05, 4.69) is 22.1 Å². The second-order valence-electron chi connectivity index (χ2n) is 11.0. The quantitative estimate of drug-likeness (QED) is 0.263. The largest absolute Gasteiger partial charge is 0.325 e. The molecule has 4 aromatic heterocycles. The van der Waals surface area contributed by atoms with Crippen molar-refractivity contribution in [2.24, 2.45) is 14.1 Å². The van der Waals surface area contributed by atoms with Crippen LogP contribution in [-0.4, -0.2) is 28.2 Å². The monoisotopic (exact) mass is 608 g/mol. The lowest BCUT2D eigenvalue weighted by atomic mass is 10.2. The summed E-state index contributed by atoms with van der Waals surface area (Å²) in [4.78, 5) is 32.5. The minimum atomic E-state index is -0.0320. The summed E-state index contributed by atoms with van der Waals surface area (Å²) in [5.41, 5.74) is 5.95. The van der Waals surface area contributed by atoms with E-state index in [4.69, 9.17) is 5.26 Å². The van der Waals surface area contributed by atoms with Gasteiger partial charge in [0.2, 0.25) is 0 Å². The highest BCUT2D eigenvalue weighted by Gasteiger charge is 2.15. The third-order valence-corrected chi connectivity index (χ3v) is 7.48. The van der Waals surface area contributed by atoms with Crippen molar-refractivity contribution in [1.29, 1.82) is 10.5 Å². The number of hydrogen-bond acceptors (Lipinski definition) is 6. The molecule has 0 fully saturated rings. The Bertz CT molecular complexity index is 2090. The molecular weight excluding hydrogens is 576 g/mol. The number of hydrogen-bond donors (Lipinski definition) is 0. The van der Waals surface area contributed by atoms with Crippen LogP contribution in [0.3, 0.4) is 0 Å². The standard InChI is InChI=1S/2C18H16N4O/c1-13-8-15(12-21(2)18(13)23)17-20-10-16(9-19)22(17)11-14-6-4-3-5-7-14;1-13-8-15(11-21(2)18(13)23)17-20-16(9-19)12-22(17)10-14-6-4-3-5-7-14/h3-8,10,12H,11H2,1-2H3;3-8,11-12H,10H2,1-2H3. The number of aromatic nitrogens is 6. The van der Waals surface area contributed by atoms with Crippen LogP contribution in [0.15, 0.2) is 107 Å². The topological polar surface area (TPSA) is 127 Å². The highest BCUT2D eigenvalue weighted by Crippen LogP contribution is 2.22. The van der Waals surface area contributed by atoms with Gasteiger partial charge in [-0.1, -0.05) is 60.7 Å². The number of rotatable bonds is 6. The van der Waals surface area contributed by atoms with Crippen molar-refractivity contribution in [3.63, 3.8) is 0 Å². The van der Waals surface area contributed by atoms with Gasteiger partial charge in [0.25, 0.3) is 11.1 Å². The first-order chi connectivity index (χ1) is 22.2. The first-order valence-electron chi connectivity index (χ1n) is 14.5. The molecule has 0 aliphatic carbocycles. The van der Waals surface area contributed by atoms with Crippen LogP contribution < -0.4 is 11.1 Å². The summed E-state index contributed by atoms with van der Waals surface area (Å²) in [5, 5.41) is 18.5. The predicted molar refractivity (Wildman–Crippen MR) is 176 cm³/mol. The van der Waals surface area contributed by atoms with Gasteiger partial charge < -0.3 is 18.3 Å². The lowest BCUT2D eigenvalue weighted by Gasteiger charge is -2.11. The van der Waals surface area contributed by atoms with Crippen molar-refractivity contribution in [2.75, 3.05) is 0 Å². The van der Waals surface area contributed by atoms with Crippen molar-refractivity contribution < 1.29 is 0 Å². The van der Waals surface area contributed by atoms with Crippen LogP contribution in [0.1, 0.15) is 33.6 Å². The van der Waals surface area contributed by atoms with E-state index in [1.54, 1.807) is 52.7 Å². The van der Waals surface area contributed by atoms with E-state index in [-0.39, 0.29) is 11.1 Å². The second-order valence-corrected chi connectivity index (χ2v) is 11.0. The molecule has 0 unspecified atom stereocenters. The molecule has 6 rings (SSSR count). The molecule has 0 bridgehead atoms. The molecule has 0 amide bonds. The van der Waals surface area contributed by atoms with Gasteiger partial charge in [0.05, 0.1) is 12.7 Å². The molecule has 6 aromatic rings. The predicted octanol–water partition coefficient (Wildman–Crippen LogP) is 4.95. The summed E-state index contributed by atoms with van der Waals surface area (Å²) in [7, 11) is 3.43. The minimum absolute atomic E-state index is 0.0320. The van der Waals surface area contributed by atoms with E-state index in [0.29, 0.717) is 47.3 Å². The van der Waals surface area contributed by atoms with Crippen LogP contribution in [0.5, 0.6) is 0 Å². The molecule has 10 heteroatoms. The third kappa shape index (κ3) is 6.77. The summed E-state index contributed by atoms with van der Waals surface area (Å²) < 4.78 is 6.89. The van der Waals surface area contributed by atoms with E-state index in [9.17, 15) is 14.9 Å². The first kappa shape index (κ1) is 31.2. The molecule has 0 saturated heterocycles. The Kier molecular flexibility index (Phi) is 9.20. The van der Waals surface area contributed by atoms with Crippen LogP contribution in [0.2, 0.25) is 0 Å². The Morgan fingerprint density at radius 2 is 1.22 bits per heavy atom. The molecule has 0 saturated carbocycles. The molecule has 0 atom stereocenters. The zero-order valence-electron chi connectivity index (χ0n) is 26.0. The van der Waals surface area contributed by atoms with E-state index >= 15 is 0 Å². The molecule has 0 aliphatic rings. The first-order valence-corrected chi connectivity index (χ1v) is 14.5. The van der Waals surface area contributed by atoms with Gasteiger partial charge in [0.1, 0.15) is 29.5 Å². The van der Waals surface area contributed by atoms with Crippen molar-refractivity contribution in [3.05, 3.63) is 152 Å². The molecular formula is C36H32N8O2. The molecule has 10 nitrogen and oxygen atoms in total. The highest BCUT2D eigenvalue weighted by atomic mass is 16.1. The van der Waals surface area contributed by atoms with Gasteiger partial charge in [0.15, 0.2) is 5.69 Å². The summed E-state index contributed by atoms with van der Waals surface area (Å²) in [5.74, 6) is 1.37. The summed E-state index contributed by atoms with van der Waals surface area (Å²) >= 11 is 0. The molecule has 228 valence electrons. The van der Waals surface area contributed by atoms with Crippen LogP contribution in [0.25, 0.3) is 22.8 Å². The molecule has 0 spiro atoms. The lowest BCUT2D eigenvalue weighted by molar-refractivity contribution is 0.789. The summed E-state index contributed by atoms with van der Waals surface area (Å²) in [6, 6.07) is 27.8. The molecule has 2 aromatic carbocycles. The fourth-order valence-corrected chi connectivity index (χ4v) is 5.22. The van der Waals surface area contributed by atoms with Crippen molar-refractivity contribution in [2.45, 2.75) is 26.9 Å². The number of pyridine rings is 2. The zero-order valence-corrected chi connectivity index (χ0v) is 26.0. The Hall–Kier alpha value is -6.26. The third-order valence-electron chi connectivity index (χ3n) is 7.48. The fourth-order valence-electron chi connectivity index (χ4n) is 5.22. The van der Waals surface area contributed by atoms with E-state index in [0.717, 1.165) is 22.3 Å². The summed E-state index contributed by atoms with van der Waals surface area (Å²) in [6.07, 6.45) is 6.81. The van der Waals surface area contributed by atoms with Gasteiger partial charge in [-0.15, -0.1) is 0 Å². The Morgan fingerprint density at radius 1 is 0.696 bits per heavy atom. The Morgan fingerprint density at radius 3 is 1.72 bits per heavy atom. The smallest absolute Gasteiger partial charge is 0.253 e. The van der Waals surface area contributed by atoms with Gasteiger partial charge in [-0.25, -0.2) is 9.97 Å². The van der Waals surface area contributed by atoms with E-state index in [1.807, 2.05) is 81.9 Å². The van der Waals surface area contributed by atoms with Crippen LogP contribution >= 0.6 is 0 Å². The van der Waals surface area contributed by atoms with E-state index < -0.39 is 0 Å². The normalized spacial score (nSPS) is 10.5. The molecule has 0 radical (unpaired) electrons. The van der Waals surface area contributed by atoms with Crippen LogP contribution in [-0.2, 0) is 27.2 Å². The average Bonchev–Trinajstić information content (AvgIpc) is 3.67. The lowest BCUT2D eigenvalue weighted by Crippen LogP contribution is -2.19. The molecule has 46 heavy (non-hydrogen) atoms. The fraction of sp³-hybridized carbons (Fsp3) is 0.167. The van der Waals surface area contributed by atoms with Gasteiger partial charge in [-0.05, 0) is 37.1 Å². The van der Waals surface area contributed by atoms with Crippen molar-refractivity contribution >= 4 is 0 Å². The molecule has 0 aliphatic heterocycles. The van der Waals surface area contributed by atoms with Gasteiger partial charge in [0, 0.05) is 61.5 Å². The van der Waals surface area contributed by atoms with E-state index in [1.165, 1.54) is 9.13 Å². The van der Waals surface area contributed by atoms with Crippen LogP contribution in [0.4, 0.5) is 0 Å². The number of benzene rings is 2. The average molecular weight is 609 g/mol. The minimum Gasteiger partial charge on any atom is -0.325 e. The number of imidazole rings is 2. The highest BCUT2D eigenvalue weighted by molar-refractivity contribution is 5.58. The summed E-state index contributed by atoms with van der Waals surface area (Å²) in [6.45, 7) is 4.73. The second kappa shape index (κ2) is 13.6. The maximum absolute atomic E-state index is 11.9. The zero-order chi connectivity index (χ0) is 32.8. The molecule has 0 N–H and O–H groups in total. The number of nitriles is 2.